The van der Waals surface area contributed by atoms with Crippen molar-refractivity contribution in [3.63, 3.8) is 0 Å². The Balaban J connectivity index is 2.23. The summed E-state index contributed by atoms with van der Waals surface area (Å²) >= 11 is 0. The highest BCUT2D eigenvalue weighted by atomic mass is 16.4. The Morgan fingerprint density at radius 3 is 2.55 bits per heavy atom. The van der Waals surface area contributed by atoms with Crippen LogP contribution in [-0.4, -0.2) is 16.6 Å². The van der Waals surface area contributed by atoms with Gasteiger partial charge >= 0.3 is 5.97 Å². The predicted octanol–water partition coefficient (Wildman–Crippen LogP) is 0.588. The molecule has 62 valence electrons. The van der Waals surface area contributed by atoms with Crippen molar-refractivity contribution in [1.29, 1.82) is 0 Å². The van der Waals surface area contributed by atoms with Gasteiger partial charge in [-0.2, -0.15) is 0 Å². The van der Waals surface area contributed by atoms with Crippen molar-refractivity contribution in [1.82, 2.24) is 0 Å². The maximum Gasteiger partial charge on any atom is 0.323 e. The Hall–Kier alpha value is -0.570. The molecule has 0 aliphatic heterocycles. The van der Waals surface area contributed by atoms with Gasteiger partial charge in [0.25, 0.3) is 0 Å². The lowest BCUT2D eigenvalue weighted by Gasteiger charge is -2.28. The number of aliphatic carboxylic acids is 1. The Morgan fingerprint density at radius 2 is 2.27 bits per heavy atom. The third-order valence-corrected chi connectivity index (χ3v) is 3.29. The van der Waals surface area contributed by atoms with Crippen molar-refractivity contribution in [3.05, 3.63) is 0 Å². The minimum Gasteiger partial charge on any atom is -0.480 e. The smallest absolute Gasteiger partial charge is 0.323 e. The molecule has 3 heteroatoms. The molecule has 2 aliphatic carbocycles. The van der Waals surface area contributed by atoms with Crippen LogP contribution < -0.4 is 5.73 Å². The molecule has 0 aromatic heterocycles. The van der Waals surface area contributed by atoms with E-state index in [0.717, 1.165) is 12.8 Å². The Morgan fingerprint density at radius 1 is 1.55 bits per heavy atom. The minimum atomic E-state index is -0.872. The van der Waals surface area contributed by atoms with E-state index in [1.165, 1.54) is 6.42 Å². The third kappa shape index (κ3) is 0.805. The van der Waals surface area contributed by atoms with Crippen molar-refractivity contribution in [2.45, 2.75) is 31.2 Å². The van der Waals surface area contributed by atoms with Gasteiger partial charge in [0.2, 0.25) is 0 Å². The number of fused-ring (bicyclic) bond motifs is 2. The monoisotopic (exact) mass is 155 g/mol. The lowest BCUT2D eigenvalue weighted by atomic mass is 9.82. The molecule has 2 bridgehead atoms. The number of hydrogen-bond acceptors (Lipinski definition) is 2. The summed E-state index contributed by atoms with van der Waals surface area (Å²) in [6.07, 6.45) is 3.96. The number of carboxylic acid groups (broad SMARTS) is 1. The van der Waals surface area contributed by atoms with Gasteiger partial charge in [0.1, 0.15) is 5.54 Å². The first-order valence-corrected chi connectivity index (χ1v) is 4.15. The average Bonchev–Trinajstić information content (AvgIpc) is 2.45. The molecule has 2 rings (SSSR count). The molecule has 3 N–H and O–H groups in total. The average molecular weight is 155 g/mol. The zero-order valence-electron chi connectivity index (χ0n) is 6.42. The highest BCUT2D eigenvalue weighted by Gasteiger charge is 2.53. The second-order valence-electron chi connectivity index (χ2n) is 3.93. The van der Waals surface area contributed by atoms with Gasteiger partial charge in [-0.3, -0.25) is 4.79 Å². The summed E-state index contributed by atoms with van der Waals surface area (Å²) in [5, 5.41) is 8.87. The van der Waals surface area contributed by atoms with E-state index >= 15 is 0 Å². The zero-order valence-corrected chi connectivity index (χ0v) is 6.42. The molecule has 2 aliphatic rings. The molecule has 11 heavy (non-hydrogen) atoms. The van der Waals surface area contributed by atoms with E-state index in [-0.39, 0.29) is 5.92 Å². The first-order valence-electron chi connectivity index (χ1n) is 4.15. The zero-order chi connectivity index (χ0) is 8.06. The molecule has 0 spiro atoms. The maximum absolute atomic E-state index is 10.8. The second-order valence-corrected chi connectivity index (χ2v) is 3.93. The van der Waals surface area contributed by atoms with Crippen LogP contribution in [0.5, 0.6) is 0 Å². The van der Waals surface area contributed by atoms with Crippen LogP contribution in [0.3, 0.4) is 0 Å². The van der Waals surface area contributed by atoms with Gasteiger partial charge in [-0.15, -0.1) is 0 Å². The van der Waals surface area contributed by atoms with Gasteiger partial charge in [0.05, 0.1) is 0 Å². The molecule has 0 amide bonds. The van der Waals surface area contributed by atoms with Crippen molar-refractivity contribution in [3.8, 4) is 0 Å². The third-order valence-electron chi connectivity index (χ3n) is 3.29. The lowest BCUT2D eigenvalue weighted by Crippen LogP contribution is -2.52. The summed E-state index contributed by atoms with van der Waals surface area (Å²) in [5.41, 5.74) is 4.92. The van der Waals surface area contributed by atoms with E-state index < -0.39 is 11.5 Å². The molecular weight excluding hydrogens is 142 g/mol. The molecule has 0 heterocycles. The summed E-state index contributed by atoms with van der Waals surface area (Å²) in [6, 6.07) is 0. The Kier molecular flexibility index (Phi) is 1.27. The topological polar surface area (TPSA) is 63.3 Å². The van der Waals surface area contributed by atoms with Crippen LogP contribution in [0.25, 0.3) is 0 Å². The van der Waals surface area contributed by atoms with Crippen LogP contribution in [0, 0.1) is 11.8 Å². The SMILES string of the molecule is N[C@@]1(C(=O)O)CC2CCC1C2. The fourth-order valence-corrected chi connectivity index (χ4v) is 2.63. The largest absolute Gasteiger partial charge is 0.480 e. The van der Waals surface area contributed by atoms with Crippen LogP contribution in [-0.2, 0) is 4.79 Å². The number of carboxylic acids is 1. The molecule has 2 fully saturated rings. The standard InChI is InChI=1S/C8H13NO2/c9-8(7(10)11)4-5-1-2-6(8)3-5/h5-6H,1-4,9H2,(H,10,11)/t5?,6?,8-/m0/s1. The predicted molar refractivity (Wildman–Crippen MR) is 40.0 cm³/mol. The normalized spacial score (nSPS) is 48.1. The first-order chi connectivity index (χ1) is 5.13. The highest BCUT2D eigenvalue weighted by Crippen LogP contribution is 2.49. The molecule has 0 aromatic carbocycles. The van der Waals surface area contributed by atoms with Crippen molar-refractivity contribution < 1.29 is 9.90 Å². The maximum atomic E-state index is 10.8. The van der Waals surface area contributed by atoms with Gasteiger partial charge in [-0.1, -0.05) is 6.42 Å². The molecule has 0 radical (unpaired) electrons. The summed E-state index contributed by atoms with van der Waals surface area (Å²) < 4.78 is 0. The van der Waals surface area contributed by atoms with Crippen LogP contribution in [0.4, 0.5) is 0 Å². The Bertz CT molecular complexity index is 204. The number of hydrogen-bond donors (Lipinski definition) is 2. The van der Waals surface area contributed by atoms with Gasteiger partial charge in [0.15, 0.2) is 0 Å². The van der Waals surface area contributed by atoms with Crippen LogP contribution in [0.1, 0.15) is 25.7 Å². The summed E-state index contributed by atoms with van der Waals surface area (Å²) in [5.74, 6) is 0.0517. The van der Waals surface area contributed by atoms with E-state index in [0.29, 0.717) is 12.3 Å². The molecule has 3 atom stereocenters. The van der Waals surface area contributed by atoms with Gasteiger partial charge in [0, 0.05) is 0 Å². The van der Waals surface area contributed by atoms with E-state index in [9.17, 15) is 4.79 Å². The molecule has 3 nitrogen and oxygen atoms in total. The summed E-state index contributed by atoms with van der Waals surface area (Å²) in [7, 11) is 0. The van der Waals surface area contributed by atoms with Gasteiger partial charge < -0.3 is 10.8 Å². The van der Waals surface area contributed by atoms with Crippen molar-refractivity contribution in [2.75, 3.05) is 0 Å². The minimum absolute atomic E-state index is 0.255. The first kappa shape index (κ1) is 7.10. The van der Waals surface area contributed by atoms with E-state index in [1.807, 2.05) is 0 Å². The van der Waals surface area contributed by atoms with Crippen LogP contribution >= 0.6 is 0 Å². The van der Waals surface area contributed by atoms with Gasteiger partial charge in [-0.05, 0) is 31.1 Å². The van der Waals surface area contributed by atoms with Gasteiger partial charge in [-0.25, -0.2) is 0 Å². The number of rotatable bonds is 1. The molecule has 0 aromatic rings. The molecule has 2 unspecified atom stereocenters. The van der Waals surface area contributed by atoms with Crippen LogP contribution in [0.2, 0.25) is 0 Å². The summed E-state index contributed by atoms with van der Waals surface area (Å²) in [6.45, 7) is 0. The quantitative estimate of drug-likeness (QED) is 0.582. The number of nitrogens with two attached hydrogens (primary N) is 1. The highest BCUT2D eigenvalue weighted by molar-refractivity contribution is 5.79. The van der Waals surface area contributed by atoms with Crippen LogP contribution in [0.15, 0.2) is 0 Å². The van der Waals surface area contributed by atoms with E-state index in [4.69, 9.17) is 10.8 Å². The second kappa shape index (κ2) is 1.97. The Labute approximate surface area is 65.6 Å². The van der Waals surface area contributed by atoms with E-state index in [2.05, 4.69) is 0 Å². The van der Waals surface area contributed by atoms with Crippen molar-refractivity contribution >= 4 is 5.97 Å². The molecular formula is C8H13NO2. The molecule has 2 saturated carbocycles. The fourth-order valence-electron chi connectivity index (χ4n) is 2.63. The van der Waals surface area contributed by atoms with E-state index in [1.54, 1.807) is 0 Å². The summed E-state index contributed by atoms with van der Waals surface area (Å²) in [4.78, 5) is 10.8. The van der Waals surface area contributed by atoms with Crippen molar-refractivity contribution in [2.24, 2.45) is 17.6 Å². The fraction of sp³-hybridized carbons (Fsp3) is 0.875. The lowest BCUT2D eigenvalue weighted by molar-refractivity contribution is -0.145. The number of carbonyl (C=O) groups is 1. The molecule has 0 saturated heterocycles.